The highest BCUT2D eigenvalue weighted by atomic mass is 32.2. The third kappa shape index (κ3) is 4.27. The maximum absolute atomic E-state index is 11.7. The zero-order valence-electron chi connectivity index (χ0n) is 11.3. The fourth-order valence-corrected chi connectivity index (χ4v) is 2.17. The number of nitrogens with one attached hydrogen (secondary N) is 1. The highest BCUT2D eigenvalue weighted by Gasteiger charge is 2.19. The maximum atomic E-state index is 11.7. The largest absolute Gasteiger partial charge is 0.395 e. The van der Waals surface area contributed by atoms with Crippen molar-refractivity contribution < 1.29 is 13.5 Å². The SMILES string of the molecule is Cc1cc(NS(=O)(=O)C(C)C#N)ccc1C#CCCO. The van der Waals surface area contributed by atoms with Gasteiger partial charge in [0.25, 0.3) is 0 Å². The predicted octanol–water partition coefficient (Wildman–Crippen LogP) is 1.38. The number of hydrogen-bond acceptors (Lipinski definition) is 4. The molecule has 1 aromatic carbocycles. The molecule has 0 aliphatic heterocycles. The summed E-state index contributed by atoms with van der Waals surface area (Å²) >= 11 is 0. The van der Waals surface area contributed by atoms with Crippen LogP contribution in [0.1, 0.15) is 24.5 Å². The Morgan fingerprint density at radius 2 is 2.15 bits per heavy atom. The summed E-state index contributed by atoms with van der Waals surface area (Å²) in [7, 11) is -3.69. The molecule has 6 heteroatoms. The number of benzene rings is 1. The molecule has 0 heterocycles. The van der Waals surface area contributed by atoms with Crippen molar-refractivity contribution >= 4 is 15.7 Å². The van der Waals surface area contributed by atoms with E-state index in [0.717, 1.165) is 11.1 Å². The van der Waals surface area contributed by atoms with Crippen molar-refractivity contribution in [3.63, 3.8) is 0 Å². The molecule has 0 amide bonds. The lowest BCUT2D eigenvalue weighted by molar-refractivity contribution is 0.305. The molecule has 0 radical (unpaired) electrons. The molecule has 5 nitrogen and oxygen atoms in total. The Morgan fingerprint density at radius 1 is 1.45 bits per heavy atom. The summed E-state index contributed by atoms with van der Waals surface area (Å²) in [6, 6.07) is 6.64. The van der Waals surface area contributed by atoms with Crippen molar-refractivity contribution in [2.24, 2.45) is 0 Å². The van der Waals surface area contributed by atoms with Gasteiger partial charge in [-0.1, -0.05) is 11.8 Å². The highest BCUT2D eigenvalue weighted by molar-refractivity contribution is 7.93. The standard InChI is InChI=1S/C14H16N2O3S/c1-11-9-14(16-20(18,19)12(2)10-15)7-6-13(11)5-3-4-8-17/h6-7,9,12,16-17H,4,8H2,1-2H3. The Bertz CT molecular complexity index is 679. The molecule has 0 spiro atoms. The molecule has 0 aliphatic carbocycles. The average Bonchev–Trinajstić information content (AvgIpc) is 2.40. The number of nitrogens with zero attached hydrogens (tertiary/aromatic N) is 1. The summed E-state index contributed by atoms with van der Waals surface area (Å²) in [6.07, 6.45) is 0.396. The van der Waals surface area contributed by atoms with Gasteiger partial charge in [-0.05, 0) is 37.6 Å². The third-order valence-electron chi connectivity index (χ3n) is 2.59. The summed E-state index contributed by atoms with van der Waals surface area (Å²) in [5.74, 6) is 5.70. The van der Waals surface area contributed by atoms with E-state index in [2.05, 4.69) is 16.6 Å². The van der Waals surface area contributed by atoms with E-state index in [1.54, 1.807) is 24.3 Å². The summed E-state index contributed by atoms with van der Waals surface area (Å²) in [5.41, 5.74) is 1.99. The maximum Gasteiger partial charge on any atom is 0.248 e. The van der Waals surface area contributed by atoms with Crippen LogP contribution in [0, 0.1) is 30.1 Å². The van der Waals surface area contributed by atoms with Gasteiger partial charge in [0.05, 0.1) is 12.7 Å². The second-order valence-electron chi connectivity index (χ2n) is 4.22. The minimum absolute atomic E-state index is 0.00990. The Balaban J connectivity index is 2.95. The van der Waals surface area contributed by atoms with Gasteiger partial charge in [0.2, 0.25) is 10.0 Å². The number of aliphatic hydroxyl groups is 1. The van der Waals surface area contributed by atoms with Crippen LogP contribution in [0.4, 0.5) is 5.69 Å². The van der Waals surface area contributed by atoms with Gasteiger partial charge >= 0.3 is 0 Å². The number of aliphatic hydroxyl groups excluding tert-OH is 1. The van der Waals surface area contributed by atoms with Crippen LogP contribution in [0.15, 0.2) is 18.2 Å². The molecule has 0 fully saturated rings. The zero-order chi connectivity index (χ0) is 15.2. The monoisotopic (exact) mass is 292 g/mol. The third-order valence-corrected chi connectivity index (χ3v) is 4.15. The molecule has 1 atom stereocenters. The van der Waals surface area contributed by atoms with Crippen LogP contribution >= 0.6 is 0 Å². The highest BCUT2D eigenvalue weighted by Crippen LogP contribution is 2.17. The second-order valence-corrected chi connectivity index (χ2v) is 6.22. The Kier molecular flexibility index (Phi) is 5.57. The van der Waals surface area contributed by atoms with Crippen LogP contribution in [0.25, 0.3) is 0 Å². The van der Waals surface area contributed by atoms with Crippen molar-refractivity contribution in [3.8, 4) is 17.9 Å². The zero-order valence-corrected chi connectivity index (χ0v) is 12.2. The first kappa shape index (κ1) is 16.0. The first-order chi connectivity index (χ1) is 9.40. The van der Waals surface area contributed by atoms with E-state index >= 15 is 0 Å². The lowest BCUT2D eigenvalue weighted by atomic mass is 10.1. The Morgan fingerprint density at radius 3 is 2.70 bits per heavy atom. The normalized spacial score (nSPS) is 11.9. The van der Waals surface area contributed by atoms with Crippen molar-refractivity contribution in [1.29, 1.82) is 5.26 Å². The first-order valence-electron chi connectivity index (χ1n) is 6.02. The van der Waals surface area contributed by atoms with Crippen molar-refractivity contribution in [2.75, 3.05) is 11.3 Å². The van der Waals surface area contributed by atoms with E-state index in [4.69, 9.17) is 10.4 Å². The molecule has 1 aromatic rings. The van der Waals surface area contributed by atoms with Crippen molar-refractivity contribution in [2.45, 2.75) is 25.5 Å². The molecule has 1 rings (SSSR count). The van der Waals surface area contributed by atoms with Gasteiger partial charge in [0.1, 0.15) is 0 Å². The van der Waals surface area contributed by atoms with E-state index < -0.39 is 15.3 Å². The van der Waals surface area contributed by atoms with Crippen LogP contribution in [-0.4, -0.2) is 25.4 Å². The minimum Gasteiger partial charge on any atom is -0.395 e. The topological polar surface area (TPSA) is 90.2 Å². The quantitative estimate of drug-likeness (QED) is 0.820. The number of nitriles is 1. The van der Waals surface area contributed by atoms with Gasteiger partial charge in [-0.25, -0.2) is 8.42 Å². The predicted molar refractivity (Wildman–Crippen MR) is 77.4 cm³/mol. The van der Waals surface area contributed by atoms with Crippen molar-refractivity contribution in [3.05, 3.63) is 29.3 Å². The molecule has 0 aromatic heterocycles. The number of hydrogen-bond donors (Lipinski definition) is 2. The Labute approximate surface area is 119 Å². The summed E-state index contributed by atoms with van der Waals surface area (Å²) in [6.45, 7) is 3.15. The summed E-state index contributed by atoms with van der Waals surface area (Å²) < 4.78 is 25.9. The van der Waals surface area contributed by atoms with Gasteiger partial charge < -0.3 is 5.11 Å². The lowest BCUT2D eigenvalue weighted by Crippen LogP contribution is -2.23. The van der Waals surface area contributed by atoms with Crippen LogP contribution in [0.2, 0.25) is 0 Å². The molecule has 0 aliphatic rings. The minimum atomic E-state index is -3.69. The molecule has 1 unspecified atom stereocenters. The van der Waals surface area contributed by atoms with Crippen LogP contribution in [0.3, 0.4) is 0 Å². The molecule has 0 saturated heterocycles. The van der Waals surface area contributed by atoms with E-state index in [1.165, 1.54) is 6.92 Å². The molecular weight excluding hydrogens is 276 g/mol. The summed E-state index contributed by atoms with van der Waals surface area (Å²) in [5, 5.41) is 16.2. The molecule has 0 bridgehead atoms. The number of sulfonamides is 1. The number of aryl methyl sites for hydroxylation is 1. The van der Waals surface area contributed by atoms with E-state index in [1.807, 2.05) is 6.92 Å². The fourth-order valence-electron chi connectivity index (χ4n) is 1.40. The Hall–Kier alpha value is -2.02. The molecule has 20 heavy (non-hydrogen) atoms. The smallest absolute Gasteiger partial charge is 0.248 e. The van der Waals surface area contributed by atoms with Crippen LogP contribution < -0.4 is 4.72 Å². The summed E-state index contributed by atoms with van der Waals surface area (Å²) in [4.78, 5) is 0. The molecular formula is C14H16N2O3S. The molecule has 2 N–H and O–H groups in total. The number of anilines is 1. The lowest BCUT2D eigenvalue weighted by Gasteiger charge is -2.10. The second kappa shape index (κ2) is 6.95. The van der Waals surface area contributed by atoms with E-state index in [9.17, 15) is 8.42 Å². The molecule has 106 valence electrons. The number of rotatable bonds is 4. The van der Waals surface area contributed by atoms with Gasteiger partial charge in [0.15, 0.2) is 5.25 Å². The van der Waals surface area contributed by atoms with Crippen LogP contribution in [0.5, 0.6) is 0 Å². The fraction of sp³-hybridized carbons (Fsp3) is 0.357. The van der Waals surface area contributed by atoms with Gasteiger partial charge in [-0.2, -0.15) is 5.26 Å². The van der Waals surface area contributed by atoms with Gasteiger partial charge in [-0.15, -0.1) is 0 Å². The van der Waals surface area contributed by atoms with E-state index in [-0.39, 0.29) is 6.61 Å². The van der Waals surface area contributed by atoms with Crippen LogP contribution in [-0.2, 0) is 10.0 Å². The first-order valence-corrected chi connectivity index (χ1v) is 7.57. The van der Waals surface area contributed by atoms with Gasteiger partial charge in [0, 0.05) is 17.7 Å². The molecule has 0 saturated carbocycles. The average molecular weight is 292 g/mol. The van der Waals surface area contributed by atoms with Gasteiger partial charge in [-0.3, -0.25) is 4.72 Å². The van der Waals surface area contributed by atoms with Crippen molar-refractivity contribution in [1.82, 2.24) is 0 Å². The van der Waals surface area contributed by atoms with E-state index in [0.29, 0.717) is 12.1 Å².